The van der Waals surface area contributed by atoms with E-state index in [-0.39, 0.29) is 18.4 Å². The molecule has 1 aromatic rings. The molecular formula is C15H19NO3. The number of carbonyl (C=O) groups excluding carboxylic acids is 1. The summed E-state index contributed by atoms with van der Waals surface area (Å²) < 4.78 is 5.63. The number of aliphatic hydroxyl groups excluding tert-OH is 1. The fraction of sp³-hybridized carbons (Fsp3) is 0.400. The molecule has 0 saturated carbocycles. The van der Waals surface area contributed by atoms with Crippen molar-refractivity contribution in [3.63, 3.8) is 0 Å². The molecule has 1 atom stereocenters. The SMILES string of the molecule is C=CCN(CCO)C(=O)C1COc2ccccc2C1. The second-order valence-corrected chi connectivity index (χ2v) is 4.62. The number of rotatable bonds is 5. The van der Waals surface area contributed by atoms with Crippen LogP contribution in [-0.4, -0.2) is 42.2 Å². The third kappa shape index (κ3) is 3.15. The van der Waals surface area contributed by atoms with Crippen LogP contribution in [0.4, 0.5) is 0 Å². The van der Waals surface area contributed by atoms with Crippen molar-refractivity contribution in [2.75, 3.05) is 26.3 Å². The molecule has 19 heavy (non-hydrogen) atoms. The first kappa shape index (κ1) is 13.6. The molecule has 0 spiro atoms. The number of aliphatic hydroxyl groups is 1. The zero-order valence-corrected chi connectivity index (χ0v) is 10.9. The summed E-state index contributed by atoms with van der Waals surface area (Å²) in [5.74, 6) is 0.703. The van der Waals surface area contributed by atoms with Crippen molar-refractivity contribution in [2.45, 2.75) is 6.42 Å². The summed E-state index contributed by atoms with van der Waals surface area (Å²) in [6.45, 7) is 4.79. The molecule has 0 aliphatic carbocycles. The topological polar surface area (TPSA) is 49.8 Å². The van der Waals surface area contributed by atoms with Crippen molar-refractivity contribution in [2.24, 2.45) is 5.92 Å². The Bertz CT molecular complexity index is 458. The lowest BCUT2D eigenvalue weighted by molar-refractivity contribution is -0.136. The van der Waals surface area contributed by atoms with E-state index in [9.17, 15) is 4.79 Å². The van der Waals surface area contributed by atoms with E-state index >= 15 is 0 Å². The largest absolute Gasteiger partial charge is 0.492 e. The van der Waals surface area contributed by atoms with Crippen molar-refractivity contribution in [1.82, 2.24) is 4.90 Å². The fourth-order valence-corrected chi connectivity index (χ4v) is 2.31. The zero-order valence-electron chi connectivity index (χ0n) is 10.9. The molecule has 0 fully saturated rings. The molecule has 0 aromatic heterocycles. The maximum absolute atomic E-state index is 12.4. The van der Waals surface area contributed by atoms with Gasteiger partial charge in [-0.25, -0.2) is 0 Å². The van der Waals surface area contributed by atoms with E-state index in [1.807, 2.05) is 24.3 Å². The summed E-state index contributed by atoms with van der Waals surface area (Å²) in [5, 5.41) is 9.01. The molecule has 1 aromatic carbocycles. The number of carbonyl (C=O) groups is 1. The highest BCUT2D eigenvalue weighted by Gasteiger charge is 2.28. The van der Waals surface area contributed by atoms with Crippen molar-refractivity contribution in [3.8, 4) is 5.75 Å². The predicted molar refractivity (Wildman–Crippen MR) is 73.0 cm³/mol. The maximum Gasteiger partial charge on any atom is 0.229 e. The van der Waals surface area contributed by atoms with Crippen LogP contribution in [0.5, 0.6) is 5.75 Å². The van der Waals surface area contributed by atoms with Crippen molar-refractivity contribution < 1.29 is 14.6 Å². The molecule has 1 unspecified atom stereocenters. The van der Waals surface area contributed by atoms with Gasteiger partial charge in [-0.15, -0.1) is 6.58 Å². The van der Waals surface area contributed by atoms with E-state index in [4.69, 9.17) is 9.84 Å². The number of nitrogens with zero attached hydrogens (tertiary/aromatic N) is 1. The summed E-state index contributed by atoms with van der Waals surface area (Å²) in [4.78, 5) is 14.0. The van der Waals surface area contributed by atoms with Crippen molar-refractivity contribution in [3.05, 3.63) is 42.5 Å². The van der Waals surface area contributed by atoms with Crippen LogP contribution < -0.4 is 4.74 Å². The average molecular weight is 261 g/mol. The Balaban J connectivity index is 2.06. The van der Waals surface area contributed by atoms with E-state index in [0.29, 0.717) is 26.1 Å². The lowest BCUT2D eigenvalue weighted by Crippen LogP contribution is -2.42. The third-order valence-corrected chi connectivity index (χ3v) is 3.26. The van der Waals surface area contributed by atoms with Gasteiger partial charge >= 0.3 is 0 Å². The summed E-state index contributed by atoms with van der Waals surface area (Å²) >= 11 is 0. The molecule has 0 bridgehead atoms. The second kappa shape index (κ2) is 6.38. The Kier molecular flexibility index (Phi) is 4.58. The van der Waals surface area contributed by atoms with Gasteiger partial charge in [-0.05, 0) is 18.1 Å². The highest BCUT2D eigenvalue weighted by Crippen LogP contribution is 2.27. The number of fused-ring (bicyclic) bond motifs is 1. The Morgan fingerprint density at radius 3 is 3.05 bits per heavy atom. The Morgan fingerprint density at radius 2 is 2.32 bits per heavy atom. The van der Waals surface area contributed by atoms with Gasteiger partial charge in [0, 0.05) is 13.1 Å². The average Bonchev–Trinajstić information content (AvgIpc) is 2.46. The lowest BCUT2D eigenvalue weighted by atomic mass is 9.95. The number of hydrogen-bond donors (Lipinski definition) is 1. The fourth-order valence-electron chi connectivity index (χ4n) is 2.31. The normalized spacial score (nSPS) is 17.2. The first-order valence-electron chi connectivity index (χ1n) is 6.47. The molecular weight excluding hydrogens is 242 g/mol. The van der Waals surface area contributed by atoms with E-state index in [1.54, 1.807) is 11.0 Å². The molecule has 1 aliphatic heterocycles. The summed E-state index contributed by atoms with van der Waals surface area (Å²) in [6.07, 6.45) is 2.36. The van der Waals surface area contributed by atoms with Crippen LogP contribution in [0.25, 0.3) is 0 Å². The van der Waals surface area contributed by atoms with Crippen LogP contribution in [0, 0.1) is 5.92 Å². The Morgan fingerprint density at radius 1 is 1.53 bits per heavy atom. The van der Waals surface area contributed by atoms with Gasteiger partial charge < -0.3 is 14.7 Å². The van der Waals surface area contributed by atoms with E-state index in [1.165, 1.54) is 0 Å². The summed E-state index contributed by atoms with van der Waals surface area (Å²) in [7, 11) is 0. The quantitative estimate of drug-likeness (QED) is 0.811. The van der Waals surface area contributed by atoms with Gasteiger partial charge in [0.05, 0.1) is 12.5 Å². The minimum Gasteiger partial charge on any atom is -0.492 e. The van der Waals surface area contributed by atoms with Crippen molar-refractivity contribution in [1.29, 1.82) is 0 Å². The van der Waals surface area contributed by atoms with Gasteiger partial charge in [-0.2, -0.15) is 0 Å². The lowest BCUT2D eigenvalue weighted by Gasteiger charge is -2.29. The highest BCUT2D eigenvalue weighted by atomic mass is 16.5. The summed E-state index contributed by atoms with van der Waals surface area (Å²) in [6, 6.07) is 7.78. The maximum atomic E-state index is 12.4. The second-order valence-electron chi connectivity index (χ2n) is 4.62. The molecule has 0 radical (unpaired) electrons. The van der Waals surface area contributed by atoms with Gasteiger partial charge in [0.2, 0.25) is 5.91 Å². The minimum atomic E-state index is -0.179. The molecule has 2 rings (SSSR count). The van der Waals surface area contributed by atoms with Crippen LogP contribution >= 0.6 is 0 Å². The van der Waals surface area contributed by atoms with Crippen LogP contribution in [0.15, 0.2) is 36.9 Å². The molecule has 1 N–H and O–H groups in total. The smallest absolute Gasteiger partial charge is 0.229 e. The number of para-hydroxylation sites is 1. The number of ether oxygens (including phenoxy) is 1. The van der Waals surface area contributed by atoms with Crippen LogP contribution in [0.2, 0.25) is 0 Å². The van der Waals surface area contributed by atoms with Crippen LogP contribution in [0.1, 0.15) is 5.56 Å². The molecule has 1 aliphatic rings. The Hall–Kier alpha value is -1.81. The molecule has 0 saturated heterocycles. The first-order chi connectivity index (χ1) is 9.26. The molecule has 1 amide bonds. The molecule has 4 heteroatoms. The Labute approximate surface area is 113 Å². The predicted octanol–water partition coefficient (Wildman–Crippen LogP) is 1.24. The zero-order chi connectivity index (χ0) is 13.7. The monoisotopic (exact) mass is 261 g/mol. The molecule has 102 valence electrons. The number of hydrogen-bond acceptors (Lipinski definition) is 3. The van der Waals surface area contributed by atoms with Crippen LogP contribution in [0.3, 0.4) is 0 Å². The van der Waals surface area contributed by atoms with Crippen LogP contribution in [-0.2, 0) is 11.2 Å². The van der Waals surface area contributed by atoms with Crippen molar-refractivity contribution >= 4 is 5.91 Å². The number of benzene rings is 1. The van der Waals surface area contributed by atoms with Gasteiger partial charge in [0.25, 0.3) is 0 Å². The summed E-state index contributed by atoms with van der Waals surface area (Å²) in [5.41, 5.74) is 1.06. The third-order valence-electron chi connectivity index (χ3n) is 3.26. The van der Waals surface area contributed by atoms with E-state index in [2.05, 4.69) is 6.58 Å². The van der Waals surface area contributed by atoms with Gasteiger partial charge in [-0.3, -0.25) is 4.79 Å². The highest BCUT2D eigenvalue weighted by molar-refractivity contribution is 5.80. The standard InChI is InChI=1S/C15H19NO3/c1-2-7-16(8-9-17)15(18)13-10-12-5-3-4-6-14(12)19-11-13/h2-6,13,17H,1,7-11H2. The van der Waals surface area contributed by atoms with E-state index < -0.39 is 0 Å². The van der Waals surface area contributed by atoms with Gasteiger partial charge in [0.1, 0.15) is 12.4 Å². The number of amides is 1. The molecule has 1 heterocycles. The van der Waals surface area contributed by atoms with Gasteiger partial charge in [0.15, 0.2) is 0 Å². The molecule has 4 nitrogen and oxygen atoms in total. The minimum absolute atomic E-state index is 0.0171. The first-order valence-corrected chi connectivity index (χ1v) is 6.47. The van der Waals surface area contributed by atoms with Gasteiger partial charge in [-0.1, -0.05) is 24.3 Å². The van der Waals surface area contributed by atoms with E-state index in [0.717, 1.165) is 11.3 Å².